The molecule has 1 N–H and O–H groups in total. The highest BCUT2D eigenvalue weighted by atomic mass is 19.1. The number of nitrogens with zero attached hydrogens (tertiary/aromatic N) is 4. The van der Waals surface area contributed by atoms with Crippen molar-refractivity contribution in [3.8, 4) is 5.75 Å². The van der Waals surface area contributed by atoms with Crippen molar-refractivity contribution in [3.05, 3.63) is 41.8 Å². The summed E-state index contributed by atoms with van der Waals surface area (Å²) in [6.07, 6.45) is 1.34. The van der Waals surface area contributed by atoms with E-state index in [2.05, 4.69) is 15.3 Å². The molecule has 0 bridgehead atoms. The Labute approximate surface area is 180 Å². The minimum Gasteiger partial charge on any atom is -0.489 e. The van der Waals surface area contributed by atoms with Crippen molar-refractivity contribution in [2.45, 2.75) is 45.0 Å². The molecule has 0 radical (unpaired) electrons. The molecule has 0 unspecified atom stereocenters. The van der Waals surface area contributed by atoms with E-state index in [-0.39, 0.29) is 30.4 Å². The van der Waals surface area contributed by atoms with Crippen LogP contribution in [-0.2, 0) is 4.79 Å². The van der Waals surface area contributed by atoms with Crippen molar-refractivity contribution in [1.82, 2.24) is 15.3 Å². The lowest BCUT2D eigenvalue weighted by molar-refractivity contribution is -0.119. The van der Waals surface area contributed by atoms with Gasteiger partial charge in [0.2, 0.25) is 11.9 Å². The third-order valence-corrected chi connectivity index (χ3v) is 5.67. The van der Waals surface area contributed by atoms with Crippen LogP contribution in [0, 0.1) is 5.82 Å². The molecule has 2 aliphatic rings. The lowest BCUT2D eigenvalue weighted by atomic mass is 10.1. The van der Waals surface area contributed by atoms with Gasteiger partial charge in [0, 0.05) is 26.4 Å². The average Bonchev–Trinajstić information content (AvgIpc) is 3.37. The van der Waals surface area contributed by atoms with Crippen LogP contribution in [0.3, 0.4) is 0 Å². The fourth-order valence-corrected chi connectivity index (χ4v) is 4.06. The van der Waals surface area contributed by atoms with Gasteiger partial charge in [-0.3, -0.25) is 4.79 Å². The zero-order valence-corrected chi connectivity index (χ0v) is 17.7. The van der Waals surface area contributed by atoms with Gasteiger partial charge < -0.3 is 19.9 Å². The normalized spacial score (nSPS) is 21.9. The summed E-state index contributed by atoms with van der Waals surface area (Å²) in [5.41, 5.74) is 0.989. The fraction of sp³-hybridized carbons (Fsp3) is 0.500. The Balaban J connectivity index is 1.38. The molecule has 3 heterocycles. The molecule has 9 heteroatoms. The van der Waals surface area contributed by atoms with Gasteiger partial charge >= 0.3 is 0 Å². The van der Waals surface area contributed by atoms with Gasteiger partial charge in [0.25, 0.3) is 0 Å². The van der Waals surface area contributed by atoms with Crippen molar-refractivity contribution >= 4 is 17.7 Å². The van der Waals surface area contributed by atoms with Crippen LogP contribution in [0.15, 0.2) is 30.5 Å². The van der Waals surface area contributed by atoms with Gasteiger partial charge in [-0.05, 0) is 31.0 Å². The Morgan fingerprint density at radius 2 is 1.94 bits per heavy atom. The molecular formula is C22H27F2N5O2. The van der Waals surface area contributed by atoms with E-state index < -0.39 is 12.0 Å². The van der Waals surface area contributed by atoms with Crippen LogP contribution in [0.1, 0.15) is 38.3 Å². The number of ether oxygens (including phenoxy) is 1. The van der Waals surface area contributed by atoms with Crippen molar-refractivity contribution < 1.29 is 18.3 Å². The average molecular weight is 431 g/mol. The first-order valence-electron chi connectivity index (χ1n) is 10.6. The lowest BCUT2D eigenvalue weighted by Crippen LogP contribution is -2.28. The van der Waals surface area contributed by atoms with E-state index in [0.29, 0.717) is 32.0 Å². The molecule has 1 aromatic heterocycles. The summed E-state index contributed by atoms with van der Waals surface area (Å²) < 4.78 is 34.0. The minimum absolute atomic E-state index is 0.0757. The molecule has 31 heavy (non-hydrogen) atoms. The monoisotopic (exact) mass is 431 g/mol. The number of nitrogens with one attached hydrogen (secondary N) is 1. The third-order valence-electron chi connectivity index (χ3n) is 5.67. The third kappa shape index (κ3) is 5.03. The van der Waals surface area contributed by atoms with Crippen molar-refractivity contribution in [3.63, 3.8) is 0 Å². The van der Waals surface area contributed by atoms with Crippen LogP contribution in [0.2, 0.25) is 0 Å². The van der Waals surface area contributed by atoms with Gasteiger partial charge in [-0.25, -0.2) is 13.8 Å². The van der Waals surface area contributed by atoms with Crippen molar-refractivity contribution in [2.24, 2.45) is 0 Å². The molecule has 2 saturated heterocycles. The fourth-order valence-electron chi connectivity index (χ4n) is 4.06. The zero-order valence-electron chi connectivity index (χ0n) is 17.7. The van der Waals surface area contributed by atoms with Crippen LogP contribution < -0.4 is 19.9 Å². The van der Waals surface area contributed by atoms with Crippen molar-refractivity contribution in [2.75, 3.05) is 36.0 Å². The smallest absolute Gasteiger partial charge is 0.227 e. The Kier molecular flexibility index (Phi) is 6.20. The number of benzene rings is 1. The second kappa shape index (κ2) is 9.03. The standard InChI is InChI=1S/C22H27F2N5O2/c1-14(26-15(2)30)16-3-5-18(6-4-16)31-19-8-10-28(13-19)21-20(24)11-25-22(27-21)29-9-7-17(23)12-29/h3-6,11,14,17,19H,7-10,12-13H2,1-2H3,(H,26,30)/t14-,17-,19+/m0/s1. The molecule has 0 aliphatic carbocycles. The molecule has 0 saturated carbocycles. The molecule has 7 nitrogen and oxygen atoms in total. The topological polar surface area (TPSA) is 70.6 Å². The number of alkyl halides is 1. The minimum atomic E-state index is -0.894. The number of aromatic nitrogens is 2. The van der Waals surface area contributed by atoms with E-state index in [9.17, 15) is 13.6 Å². The summed E-state index contributed by atoms with van der Waals surface area (Å²) in [7, 11) is 0. The summed E-state index contributed by atoms with van der Waals surface area (Å²) in [5.74, 6) is 0.758. The Morgan fingerprint density at radius 1 is 1.19 bits per heavy atom. The van der Waals surface area contributed by atoms with E-state index in [4.69, 9.17) is 4.74 Å². The predicted octanol–water partition coefficient (Wildman–Crippen LogP) is 3.02. The number of hydrogen-bond donors (Lipinski definition) is 1. The van der Waals surface area contributed by atoms with Gasteiger partial charge in [0.15, 0.2) is 11.6 Å². The van der Waals surface area contributed by atoms with Crippen molar-refractivity contribution in [1.29, 1.82) is 0 Å². The number of anilines is 2. The molecule has 3 atom stereocenters. The number of halogens is 2. The largest absolute Gasteiger partial charge is 0.489 e. The molecule has 2 aliphatic heterocycles. The highest BCUT2D eigenvalue weighted by Crippen LogP contribution is 2.27. The molecule has 2 fully saturated rings. The number of amides is 1. The summed E-state index contributed by atoms with van der Waals surface area (Å²) in [6, 6.07) is 7.52. The van der Waals surface area contributed by atoms with Crippen LogP contribution in [0.25, 0.3) is 0 Å². The number of rotatable bonds is 6. The lowest BCUT2D eigenvalue weighted by Gasteiger charge is -2.21. The molecular weight excluding hydrogens is 404 g/mol. The van der Waals surface area contributed by atoms with Crippen LogP contribution in [0.5, 0.6) is 5.75 Å². The van der Waals surface area contributed by atoms with Crippen LogP contribution >= 0.6 is 0 Å². The van der Waals surface area contributed by atoms with E-state index in [0.717, 1.165) is 23.9 Å². The summed E-state index contributed by atoms with van der Waals surface area (Å²) in [4.78, 5) is 23.2. The van der Waals surface area contributed by atoms with Gasteiger partial charge in [0.1, 0.15) is 18.0 Å². The summed E-state index contributed by atoms with van der Waals surface area (Å²) >= 11 is 0. The Hall–Kier alpha value is -2.97. The summed E-state index contributed by atoms with van der Waals surface area (Å²) in [6.45, 7) is 5.31. The second-order valence-corrected chi connectivity index (χ2v) is 8.14. The van der Waals surface area contributed by atoms with E-state index in [1.54, 1.807) is 4.90 Å². The maximum Gasteiger partial charge on any atom is 0.227 e. The van der Waals surface area contributed by atoms with Gasteiger partial charge in [0.05, 0.1) is 25.3 Å². The number of carbonyl (C=O) groups excluding carboxylic acids is 1. The quantitative estimate of drug-likeness (QED) is 0.758. The van der Waals surface area contributed by atoms with Crippen LogP contribution in [-0.4, -0.2) is 54.3 Å². The first-order valence-corrected chi connectivity index (χ1v) is 10.6. The molecule has 1 aromatic carbocycles. The number of carbonyl (C=O) groups is 1. The Morgan fingerprint density at radius 3 is 2.61 bits per heavy atom. The molecule has 4 rings (SSSR count). The highest BCUT2D eigenvalue weighted by molar-refractivity contribution is 5.73. The first-order chi connectivity index (χ1) is 14.9. The van der Waals surface area contributed by atoms with Gasteiger partial charge in [-0.1, -0.05) is 12.1 Å². The van der Waals surface area contributed by atoms with Gasteiger partial charge in [-0.15, -0.1) is 0 Å². The highest BCUT2D eigenvalue weighted by Gasteiger charge is 2.29. The maximum atomic E-state index is 14.4. The first kappa shape index (κ1) is 21.3. The zero-order chi connectivity index (χ0) is 22.0. The SMILES string of the molecule is CC(=O)N[C@@H](C)c1ccc(O[C@@H]2CCN(c3nc(N4CC[C@H](F)C4)ncc3F)C2)cc1. The summed E-state index contributed by atoms with van der Waals surface area (Å²) in [5, 5.41) is 2.85. The second-order valence-electron chi connectivity index (χ2n) is 8.14. The number of hydrogen-bond acceptors (Lipinski definition) is 6. The predicted molar refractivity (Wildman–Crippen MR) is 114 cm³/mol. The van der Waals surface area contributed by atoms with Gasteiger partial charge in [-0.2, -0.15) is 4.98 Å². The Bertz CT molecular complexity index is 927. The van der Waals surface area contributed by atoms with E-state index >= 15 is 0 Å². The molecule has 2 aromatic rings. The molecule has 1 amide bonds. The van der Waals surface area contributed by atoms with E-state index in [1.165, 1.54) is 6.92 Å². The van der Waals surface area contributed by atoms with Crippen LogP contribution in [0.4, 0.5) is 20.5 Å². The van der Waals surface area contributed by atoms with E-state index in [1.807, 2.05) is 36.1 Å². The molecule has 0 spiro atoms. The maximum absolute atomic E-state index is 14.4. The molecule has 166 valence electrons.